The zero-order chi connectivity index (χ0) is 22.2. The van der Waals surface area contributed by atoms with Crippen molar-refractivity contribution in [3.63, 3.8) is 0 Å². The third kappa shape index (κ3) is 4.52. The lowest BCUT2D eigenvalue weighted by Crippen LogP contribution is -2.49. The molecule has 0 aliphatic carbocycles. The molecule has 1 aromatic heterocycles. The van der Waals surface area contributed by atoms with E-state index in [9.17, 15) is 12.8 Å². The fraction of sp³-hybridized carbons (Fsp3) is 0.238. The summed E-state index contributed by atoms with van der Waals surface area (Å²) in [6, 6.07) is 10.9. The van der Waals surface area contributed by atoms with Gasteiger partial charge >= 0.3 is 0 Å². The van der Waals surface area contributed by atoms with Crippen molar-refractivity contribution in [1.82, 2.24) is 14.3 Å². The first-order valence-electron chi connectivity index (χ1n) is 9.54. The molecule has 0 unspecified atom stereocenters. The highest BCUT2D eigenvalue weighted by molar-refractivity contribution is 7.89. The zero-order valence-corrected chi connectivity index (χ0v) is 18.9. The highest BCUT2D eigenvalue weighted by atomic mass is 35.5. The summed E-state index contributed by atoms with van der Waals surface area (Å²) >= 11 is 12.2. The minimum Gasteiger partial charge on any atom is -0.354 e. The molecule has 2 heterocycles. The van der Waals surface area contributed by atoms with Crippen LogP contribution in [0.4, 0.5) is 10.2 Å². The van der Waals surface area contributed by atoms with Gasteiger partial charge in [-0.15, -0.1) is 0 Å². The summed E-state index contributed by atoms with van der Waals surface area (Å²) in [7, 11) is -3.74. The first-order chi connectivity index (χ1) is 14.8. The Labute approximate surface area is 190 Å². The number of anilines is 1. The normalized spacial score (nSPS) is 15.3. The lowest BCUT2D eigenvalue weighted by molar-refractivity contribution is 0.384. The van der Waals surface area contributed by atoms with Gasteiger partial charge in [-0.2, -0.15) is 4.31 Å². The van der Waals surface area contributed by atoms with Crippen molar-refractivity contribution in [2.45, 2.75) is 11.8 Å². The van der Waals surface area contributed by atoms with E-state index in [2.05, 4.69) is 9.97 Å². The minimum atomic E-state index is -3.74. The summed E-state index contributed by atoms with van der Waals surface area (Å²) in [6.07, 6.45) is 1.45. The van der Waals surface area contributed by atoms with Gasteiger partial charge in [-0.3, -0.25) is 0 Å². The summed E-state index contributed by atoms with van der Waals surface area (Å²) in [4.78, 5) is 10.6. The molecular weight excluding hydrogens is 462 g/mol. The molecule has 0 saturated carbocycles. The Morgan fingerprint density at radius 1 is 0.935 bits per heavy atom. The molecule has 2 aromatic carbocycles. The SMILES string of the molecule is Cc1cc(S(=O)(=O)N2CCN(c3cc(-c4ccc(F)cc4)ncn3)CC2)c(Cl)cc1Cl. The van der Waals surface area contributed by atoms with Crippen LogP contribution in [0.15, 0.2) is 53.7 Å². The largest absolute Gasteiger partial charge is 0.354 e. The second kappa shape index (κ2) is 8.70. The number of hydrogen-bond donors (Lipinski definition) is 0. The smallest absolute Gasteiger partial charge is 0.244 e. The number of piperazine rings is 1. The van der Waals surface area contributed by atoms with E-state index in [-0.39, 0.29) is 28.8 Å². The second-order valence-corrected chi connectivity index (χ2v) is 9.91. The van der Waals surface area contributed by atoms with Crippen molar-refractivity contribution in [3.05, 3.63) is 70.2 Å². The zero-order valence-electron chi connectivity index (χ0n) is 16.6. The average Bonchev–Trinajstić information content (AvgIpc) is 2.77. The Morgan fingerprint density at radius 2 is 1.61 bits per heavy atom. The Hall–Kier alpha value is -2.26. The van der Waals surface area contributed by atoms with E-state index >= 15 is 0 Å². The first kappa shape index (κ1) is 22.0. The van der Waals surface area contributed by atoms with E-state index in [4.69, 9.17) is 23.2 Å². The minimum absolute atomic E-state index is 0.0603. The van der Waals surface area contributed by atoms with E-state index in [0.717, 1.165) is 5.56 Å². The van der Waals surface area contributed by atoms with Gasteiger partial charge in [0.1, 0.15) is 22.9 Å². The van der Waals surface area contributed by atoms with Crippen LogP contribution in [0.5, 0.6) is 0 Å². The van der Waals surface area contributed by atoms with Crippen molar-refractivity contribution in [2.24, 2.45) is 0 Å². The number of rotatable bonds is 4. The van der Waals surface area contributed by atoms with Crippen LogP contribution in [0.25, 0.3) is 11.3 Å². The lowest BCUT2D eigenvalue weighted by atomic mass is 10.1. The molecule has 1 fully saturated rings. The standard InChI is InChI=1S/C21H19Cl2FN4O2S/c1-14-10-20(18(23)11-17(14)22)31(29,30)28-8-6-27(7-9-28)21-12-19(25-13-26-21)15-2-4-16(24)5-3-15/h2-5,10-13H,6-9H2,1H3. The van der Waals surface area contributed by atoms with Gasteiger partial charge in [-0.05, 0) is 48.9 Å². The predicted molar refractivity (Wildman–Crippen MR) is 120 cm³/mol. The van der Waals surface area contributed by atoms with Gasteiger partial charge in [-0.25, -0.2) is 22.8 Å². The third-order valence-corrected chi connectivity index (χ3v) is 7.96. The molecule has 0 bridgehead atoms. The van der Waals surface area contributed by atoms with Gasteiger partial charge in [-0.1, -0.05) is 23.2 Å². The van der Waals surface area contributed by atoms with Gasteiger partial charge in [0, 0.05) is 42.8 Å². The summed E-state index contributed by atoms with van der Waals surface area (Å²) in [6.45, 7) is 3.24. The van der Waals surface area contributed by atoms with Gasteiger partial charge in [0.2, 0.25) is 10.0 Å². The topological polar surface area (TPSA) is 66.4 Å². The van der Waals surface area contributed by atoms with Gasteiger partial charge < -0.3 is 4.90 Å². The van der Waals surface area contributed by atoms with Crippen LogP contribution in [0.3, 0.4) is 0 Å². The van der Waals surface area contributed by atoms with Crippen LogP contribution in [0, 0.1) is 12.7 Å². The first-order valence-corrected chi connectivity index (χ1v) is 11.7. The maximum absolute atomic E-state index is 13.2. The van der Waals surface area contributed by atoms with Crippen molar-refractivity contribution < 1.29 is 12.8 Å². The molecule has 10 heteroatoms. The molecule has 3 aromatic rings. The monoisotopic (exact) mass is 480 g/mol. The van der Waals surface area contributed by atoms with E-state index < -0.39 is 10.0 Å². The van der Waals surface area contributed by atoms with Crippen LogP contribution in [-0.4, -0.2) is 48.9 Å². The molecule has 0 atom stereocenters. The molecule has 31 heavy (non-hydrogen) atoms. The number of aromatic nitrogens is 2. The maximum atomic E-state index is 13.2. The summed E-state index contributed by atoms with van der Waals surface area (Å²) in [5, 5.41) is 0.534. The number of halogens is 3. The highest BCUT2D eigenvalue weighted by Gasteiger charge is 2.31. The summed E-state index contributed by atoms with van der Waals surface area (Å²) in [5.41, 5.74) is 2.10. The number of nitrogens with zero attached hydrogens (tertiary/aromatic N) is 4. The summed E-state index contributed by atoms with van der Waals surface area (Å²) in [5.74, 6) is 0.373. The molecule has 162 valence electrons. The van der Waals surface area contributed by atoms with Crippen LogP contribution >= 0.6 is 23.2 Å². The van der Waals surface area contributed by atoms with Crippen LogP contribution in [0.1, 0.15) is 5.56 Å². The maximum Gasteiger partial charge on any atom is 0.244 e. The van der Waals surface area contributed by atoms with Crippen LogP contribution in [-0.2, 0) is 10.0 Å². The Kier molecular flexibility index (Phi) is 6.16. The second-order valence-electron chi connectivity index (χ2n) is 7.19. The molecule has 0 amide bonds. The summed E-state index contributed by atoms with van der Waals surface area (Å²) < 4.78 is 40.8. The fourth-order valence-electron chi connectivity index (χ4n) is 3.42. The van der Waals surface area contributed by atoms with Crippen molar-refractivity contribution in [3.8, 4) is 11.3 Å². The van der Waals surface area contributed by atoms with Crippen molar-refractivity contribution in [2.75, 3.05) is 31.1 Å². The number of sulfonamides is 1. The number of aryl methyl sites for hydroxylation is 1. The van der Waals surface area contributed by atoms with Gasteiger partial charge in [0.25, 0.3) is 0 Å². The third-order valence-electron chi connectivity index (χ3n) is 5.19. The number of benzene rings is 2. The molecule has 4 rings (SSSR count). The van der Waals surface area contributed by atoms with Crippen molar-refractivity contribution in [1.29, 1.82) is 0 Å². The Morgan fingerprint density at radius 3 is 2.29 bits per heavy atom. The molecular formula is C21H19Cl2FN4O2S. The highest BCUT2D eigenvalue weighted by Crippen LogP contribution is 2.31. The molecule has 1 aliphatic heterocycles. The van der Waals surface area contributed by atoms with E-state index in [1.165, 1.54) is 34.9 Å². The molecule has 0 N–H and O–H groups in total. The van der Waals surface area contributed by atoms with Crippen LogP contribution < -0.4 is 4.90 Å². The average molecular weight is 481 g/mol. The lowest BCUT2D eigenvalue weighted by Gasteiger charge is -2.34. The molecule has 0 radical (unpaired) electrons. The van der Waals surface area contributed by atoms with Crippen molar-refractivity contribution >= 4 is 39.0 Å². The Balaban J connectivity index is 1.51. The molecule has 0 spiro atoms. The molecule has 6 nitrogen and oxygen atoms in total. The predicted octanol–water partition coefficient (Wildman–Crippen LogP) is 4.41. The Bertz CT molecular complexity index is 1210. The van der Waals surface area contributed by atoms with Crippen LogP contribution in [0.2, 0.25) is 10.0 Å². The fourth-order valence-corrected chi connectivity index (χ4v) is 5.65. The molecule has 1 saturated heterocycles. The number of hydrogen-bond acceptors (Lipinski definition) is 5. The quantitative estimate of drug-likeness (QED) is 0.553. The van der Waals surface area contributed by atoms with E-state index in [0.29, 0.717) is 35.2 Å². The van der Waals surface area contributed by atoms with Gasteiger partial charge in [0.05, 0.1) is 10.7 Å². The van der Waals surface area contributed by atoms with E-state index in [1.54, 1.807) is 19.1 Å². The van der Waals surface area contributed by atoms with E-state index in [1.807, 2.05) is 11.0 Å². The molecule has 1 aliphatic rings. The van der Waals surface area contributed by atoms with Gasteiger partial charge in [0.15, 0.2) is 0 Å².